The second kappa shape index (κ2) is 11.2. The third kappa shape index (κ3) is 6.17. The van der Waals surface area contributed by atoms with Gasteiger partial charge in [-0.25, -0.2) is 0 Å². The Morgan fingerprint density at radius 2 is 1.74 bits per heavy atom. The van der Waals surface area contributed by atoms with E-state index in [1.54, 1.807) is 7.11 Å². The van der Waals surface area contributed by atoms with E-state index >= 15 is 0 Å². The zero-order valence-corrected chi connectivity index (χ0v) is 21.2. The number of ether oxygens (including phenoxy) is 1. The molecule has 0 radical (unpaired) electrons. The van der Waals surface area contributed by atoms with Crippen LogP contribution < -0.4 is 15.4 Å². The van der Waals surface area contributed by atoms with Crippen LogP contribution in [0, 0.1) is 19.8 Å². The number of nitrogens with zero attached hydrogens (tertiary/aromatic N) is 3. The van der Waals surface area contributed by atoms with Crippen LogP contribution in [0.1, 0.15) is 47.2 Å². The molecule has 3 aromatic rings. The Morgan fingerprint density at radius 3 is 2.38 bits per heavy atom. The molecule has 8 nitrogen and oxygen atoms in total. The van der Waals surface area contributed by atoms with Gasteiger partial charge >= 0.3 is 0 Å². The van der Waals surface area contributed by atoms with Gasteiger partial charge in [0.15, 0.2) is 11.0 Å². The monoisotopic (exact) mass is 481 g/mol. The summed E-state index contributed by atoms with van der Waals surface area (Å²) in [5.41, 5.74) is 3.34. The number of benzene rings is 2. The molecule has 180 valence electrons. The molecule has 0 fully saturated rings. The lowest BCUT2D eigenvalue weighted by molar-refractivity contribution is -0.113. The van der Waals surface area contributed by atoms with Gasteiger partial charge in [0, 0.05) is 12.6 Å². The first kappa shape index (κ1) is 25.3. The summed E-state index contributed by atoms with van der Waals surface area (Å²) >= 11 is 1.28. The standard InChI is InChI=1S/C25H31N5O3S/c1-15(2)22(27-24(32)18-10-7-16(3)8-11-18)23-28-29-25(30(23)5)34-14-21(31)26-19-13-17(4)9-12-20(19)33-6/h7-13,15,22H,14H2,1-6H3,(H,26,31)(H,27,32)/t22-/m1/s1. The third-order valence-corrected chi connectivity index (χ3v) is 6.40. The van der Waals surface area contributed by atoms with Crippen LogP contribution in [-0.4, -0.2) is 39.4 Å². The maximum absolute atomic E-state index is 12.8. The van der Waals surface area contributed by atoms with Crippen LogP contribution >= 0.6 is 11.8 Å². The molecular weight excluding hydrogens is 450 g/mol. The van der Waals surface area contributed by atoms with Crippen LogP contribution in [0.2, 0.25) is 0 Å². The number of thioether (sulfide) groups is 1. The number of carbonyl (C=O) groups is 2. The van der Waals surface area contributed by atoms with E-state index in [1.165, 1.54) is 11.8 Å². The summed E-state index contributed by atoms with van der Waals surface area (Å²) in [4.78, 5) is 25.3. The highest BCUT2D eigenvalue weighted by atomic mass is 32.2. The minimum Gasteiger partial charge on any atom is -0.495 e. The van der Waals surface area contributed by atoms with Gasteiger partial charge in [0.2, 0.25) is 5.91 Å². The summed E-state index contributed by atoms with van der Waals surface area (Å²) in [5.74, 6) is 1.15. The smallest absolute Gasteiger partial charge is 0.251 e. The van der Waals surface area contributed by atoms with Gasteiger partial charge in [0.1, 0.15) is 5.75 Å². The van der Waals surface area contributed by atoms with Gasteiger partial charge in [-0.15, -0.1) is 10.2 Å². The van der Waals surface area contributed by atoms with Crippen molar-refractivity contribution in [3.8, 4) is 5.75 Å². The summed E-state index contributed by atoms with van der Waals surface area (Å²) in [6.45, 7) is 7.97. The van der Waals surface area contributed by atoms with Gasteiger partial charge in [-0.3, -0.25) is 9.59 Å². The highest BCUT2D eigenvalue weighted by Crippen LogP contribution is 2.27. The molecular formula is C25H31N5O3S. The zero-order valence-electron chi connectivity index (χ0n) is 20.4. The van der Waals surface area contributed by atoms with Gasteiger partial charge in [-0.05, 0) is 49.6 Å². The SMILES string of the molecule is COc1ccc(C)cc1NC(=O)CSc1nnc([C@H](NC(=O)c2ccc(C)cc2)C(C)C)n1C. The fraction of sp³-hybridized carbons (Fsp3) is 0.360. The van der Waals surface area contributed by atoms with E-state index in [4.69, 9.17) is 4.74 Å². The average molecular weight is 482 g/mol. The summed E-state index contributed by atoms with van der Waals surface area (Å²) in [6.07, 6.45) is 0. The maximum atomic E-state index is 12.8. The predicted octanol–water partition coefficient (Wildman–Crippen LogP) is 4.30. The van der Waals surface area contributed by atoms with Crippen LogP contribution in [0.3, 0.4) is 0 Å². The van der Waals surface area contributed by atoms with Crippen LogP contribution in [0.4, 0.5) is 5.69 Å². The lowest BCUT2D eigenvalue weighted by Crippen LogP contribution is -2.33. The number of aromatic nitrogens is 3. The maximum Gasteiger partial charge on any atom is 0.251 e. The molecule has 3 rings (SSSR count). The molecule has 0 saturated heterocycles. The zero-order chi connectivity index (χ0) is 24.8. The summed E-state index contributed by atoms with van der Waals surface area (Å²) in [7, 11) is 3.41. The van der Waals surface area contributed by atoms with Crippen molar-refractivity contribution in [2.75, 3.05) is 18.2 Å². The van der Waals surface area contributed by atoms with Crippen molar-refractivity contribution in [1.82, 2.24) is 20.1 Å². The molecule has 2 N–H and O–H groups in total. The number of hydrogen-bond acceptors (Lipinski definition) is 6. The quantitative estimate of drug-likeness (QED) is 0.442. The van der Waals surface area contributed by atoms with Crippen molar-refractivity contribution in [1.29, 1.82) is 0 Å². The number of methoxy groups -OCH3 is 1. The fourth-order valence-electron chi connectivity index (χ4n) is 3.42. The number of amides is 2. The number of rotatable bonds is 9. The highest BCUT2D eigenvalue weighted by molar-refractivity contribution is 7.99. The Bertz CT molecular complexity index is 1160. The number of anilines is 1. The Balaban J connectivity index is 1.67. The van der Waals surface area contributed by atoms with Gasteiger partial charge in [0.25, 0.3) is 5.91 Å². The molecule has 9 heteroatoms. The van der Waals surface area contributed by atoms with Crippen LogP contribution in [-0.2, 0) is 11.8 Å². The highest BCUT2D eigenvalue weighted by Gasteiger charge is 2.25. The summed E-state index contributed by atoms with van der Waals surface area (Å²) in [5, 5.41) is 15.1. The Morgan fingerprint density at radius 1 is 1.06 bits per heavy atom. The van der Waals surface area contributed by atoms with E-state index < -0.39 is 0 Å². The van der Waals surface area contributed by atoms with Gasteiger partial charge < -0.3 is 19.9 Å². The number of carbonyl (C=O) groups excluding carboxylic acids is 2. The van der Waals surface area contributed by atoms with Crippen molar-refractivity contribution < 1.29 is 14.3 Å². The van der Waals surface area contributed by atoms with Crippen molar-refractivity contribution in [2.45, 2.75) is 38.9 Å². The van der Waals surface area contributed by atoms with Crippen molar-refractivity contribution in [2.24, 2.45) is 13.0 Å². The second-order valence-corrected chi connectivity index (χ2v) is 9.44. The molecule has 2 amide bonds. The molecule has 0 aliphatic heterocycles. The molecule has 0 bridgehead atoms. The first-order chi connectivity index (χ1) is 16.2. The van der Waals surface area contributed by atoms with Crippen LogP contribution in [0.15, 0.2) is 47.6 Å². The number of hydrogen-bond donors (Lipinski definition) is 2. The fourth-order valence-corrected chi connectivity index (χ4v) is 4.14. The lowest BCUT2D eigenvalue weighted by atomic mass is 10.0. The Hall–Kier alpha value is -3.33. The van der Waals surface area contributed by atoms with Gasteiger partial charge in [-0.2, -0.15) is 0 Å². The van der Waals surface area contributed by atoms with Crippen molar-refractivity contribution >= 4 is 29.3 Å². The van der Waals surface area contributed by atoms with Gasteiger partial charge in [-0.1, -0.05) is 49.4 Å². The normalized spacial score (nSPS) is 11.9. The van der Waals surface area contributed by atoms with E-state index in [-0.39, 0.29) is 29.5 Å². The number of aryl methyl sites for hydroxylation is 2. The van der Waals surface area contributed by atoms with Crippen molar-refractivity contribution in [3.63, 3.8) is 0 Å². The predicted molar refractivity (Wildman–Crippen MR) is 134 cm³/mol. The van der Waals surface area contributed by atoms with Crippen LogP contribution in [0.25, 0.3) is 0 Å². The Kier molecular flexibility index (Phi) is 8.33. The molecule has 1 atom stereocenters. The van der Waals surface area contributed by atoms with E-state index in [0.717, 1.165) is 11.1 Å². The number of nitrogens with one attached hydrogen (secondary N) is 2. The van der Waals surface area contributed by atoms with E-state index in [9.17, 15) is 9.59 Å². The van der Waals surface area contributed by atoms with E-state index in [2.05, 4.69) is 20.8 Å². The molecule has 0 spiro atoms. The largest absolute Gasteiger partial charge is 0.495 e. The molecule has 1 aromatic heterocycles. The second-order valence-electron chi connectivity index (χ2n) is 8.50. The summed E-state index contributed by atoms with van der Waals surface area (Å²) < 4.78 is 7.15. The third-order valence-electron chi connectivity index (χ3n) is 5.38. The summed E-state index contributed by atoms with van der Waals surface area (Å²) in [6, 6.07) is 12.7. The molecule has 0 saturated carbocycles. The molecule has 0 unspecified atom stereocenters. The van der Waals surface area contributed by atoms with E-state index in [0.29, 0.717) is 28.0 Å². The van der Waals surface area contributed by atoms with E-state index in [1.807, 2.05) is 81.8 Å². The molecule has 0 aliphatic rings. The molecule has 2 aromatic carbocycles. The molecule has 34 heavy (non-hydrogen) atoms. The van der Waals surface area contributed by atoms with Crippen molar-refractivity contribution in [3.05, 3.63) is 65.0 Å². The minimum absolute atomic E-state index is 0.0900. The van der Waals surface area contributed by atoms with Crippen LogP contribution in [0.5, 0.6) is 5.75 Å². The topological polar surface area (TPSA) is 98.1 Å². The lowest BCUT2D eigenvalue weighted by Gasteiger charge is -2.21. The molecule has 1 heterocycles. The van der Waals surface area contributed by atoms with Gasteiger partial charge in [0.05, 0.1) is 24.6 Å². The minimum atomic E-state index is -0.328. The first-order valence-corrected chi connectivity index (χ1v) is 12.0. The first-order valence-electron chi connectivity index (χ1n) is 11.0. The Labute approximate surface area is 204 Å². The average Bonchev–Trinajstić information content (AvgIpc) is 3.16. The molecule has 0 aliphatic carbocycles.